The molecule has 2 rings (SSSR count). The molecule has 0 heterocycles. The van der Waals surface area contributed by atoms with Crippen LogP contribution in [0.5, 0.6) is 11.5 Å². The first-order valence-electron chi connectivity index (χ1n) is 7.14. The van der Waals surface area contributed by atoms with Crippen molar-refractivity contribution in [1.29, 1.82) is 0 Å². The van der Waals surface area contributed by atoms with Crippen molar-refractivity contribution < 1.29 is 27.4 Å². The molecule has 0 aliphatic carbocycles. The number of methoxy groups -OCH3 is 1. The fourth-order valence-corrected chi connectivity index (χ4v) is 2.43. The topological polar surface area (TPSA) is 38.8 Å². The fourth-order valence-electron chi connectivity index (χ4n) is 2.21. The van der Waals surface area contributed by atoms with Crippen LogP contribution in [0.25, 0.3) is 0 Å². The van der Waals surface area contributed by atoms with Crippen molar-refractivity contribution >= 4 is 17.5 Å². The predicted molar refractivity (Wildman–Crippen MR) is 86.8 cm³/mol. The van der Waals surface area contributed by atoms with Gasteiger partial charge in [-0.3, -0.25) is 4.79 Å². The van der Waals surface area contributed by atoms with E-state index >= 15 is 0 Å². The molecule has 4 nitrogen and oxygen atoms in total. The van der Waals surface area contributed by atoms with Crippen LogP contribution in [-0.2, 0) is 6.54 Å². The van der Waals surface area contributed by atoms with Crippen LogP contribution in [0.1, 0.15) is 15.9 Å². The molecule has 0 spiro atoms. The highest BCUT2D eigenvalue weighted by molar-refractivity contribution is 6.31. The maximum Gasteiger partial charge on any atom is 0.387 e. The van der Waals surface area contributed by atoms with Crippen LogP contribution in [0.4, 0.5) is 13.2 Å². The lowest BCUT2D eigenvalue weighted by molar-refractivity contribution is -0.0512. The zero-order chi connectivity index (χ0) is 18.6. The Morgan fingerprint density at radius 2 is 1.96 bits per heavy atom. The van der Waals surface area contributed by atoms with Crippen molar-refractivity contribution in [2.75, 3.05) is 14.2 Å². The Balaban J connectivity index is 2.22. The molecule has 0 aromatic heterocycles. The molecule has 0 aliphatic heterocycles. The average Bonchev–Trinajstić information content (AvgIpc) is 2.57. The number of carbonyl (C=O) groups excluding carboxylic acids is 1. The van der Waals surface area contributed by atoms with Gasteiger partial charge in [-0.1, -0.05) is 17.7 Å². The van der Waals surface area contributed by atoms with E-state index in [9.17, 15) is 18.0 Å². The molecule has 2 aromatic carbocycles. The lowest BCUT2D eigenvalue weighted by atomic mass is 10.1. The summed E-state index contributed by atoms with van der Waals surface area (Å²) in [5, 5.41) is 0.206. The summed E-state index contributed by atoms with van der Waals surface area (Å²) >= 11 is 5.96. The molecule has 8 heteroatoms. The molecule has 0 aliphatic rings. The van der Waals surface area contributed by atoms with Gasteiger partial charge in [-0.2, -0.15) is 8.78 Å². The molecular formula is C17H15ClF3NO3. The van der Waals surface area contributed by atoms with Gasteiger partial charge in [0, 0.05) is 29.7 Å². The predicted octanol–water partition coefficient (Wildman–Crippen LogP) is 4.36. The lowest BCUT2D eigenvalue weighted by Gasteiger charge is -2.19. The molecule has 25 heavy (non-hydrogen) atoms. The number of amides is 1. The first-order valence-corrected chi connectivity index (χ1v) is 7.52. The summed E-state index contributed by atoms with van der Waals surface area (Å²) in [5.41, 5.74) is 0.359. The zero-order valence-corrected chi connectivity index (χ0v) is 14.2. The standard InChI is InChI=1S/C17H15ClF3NO3/c1-22(9-11-12(18)4-3-5-13(11)19)16(23)10-6-7-14(25-17(20)21)15(8-10)24-2/h3-8,17H,9H2,1-2H3. The Morgan fingerprint density at radius 3 is 2.56 bits per heavy atom. The molecule has 0 radical (unpaired) electrons. The molecule has 1 amide bonds. The molecule has 0 N–H and O–H groups in total. The molecular weight excluding hydrogens is 359 g/mol. The Kier molecular flexibility index (Phi) is 6.14. The van der Waals surface area contributed by atoms with E-state index in [0.717, 1.165) is 0 Å². The van der Waals surface area contributed by atoms with Crippen molar-refractivity contribution in [3.63, 3.8) is 0 Å². The van der Waals surface area contributed by atoms with Crippen molar-refractivity contribution in [2.45, 2.75) is 13.2 Å². The highest BCUT2D eigenvalue weighted by Gasteiger charge is 2.18. The highest BCUT2D eigenvalue weighted by Crippen LogP contribution is 2.30. The van der Waals surface area contributed by atoms with Gasteiger partial charge in [-0.05, 0) is 30.3 Å². The maximum absolute atomic E-state index is 13.8. The number of nitrogens with zero attached hydrogens (tertiary/aromatic N) is 1. The summed E-state index contributed by atoms with van der Waals surface area (Å²) in [6.07, 6.45) is 0. The highest BCUT2D eigenvalue weighted by atomic mass is 35.5. The van der Waals surface area contributed by atoms with E-state index in [-0.39, 0.29) is 34.2 Å². The smallest absolute Gasteiger partial charge is 0.387 e. The van der Waals surface area contributed by atoms with E-state index < -0.39 is 18.3 Å². The van der Waals surface area contributed by atoms with Gasteiger partial charge in [0.15, 0.2) is 11.5 Å². The summed E-state index contributed by atoms with van der Waals surface area (Å²) in [5.74, 6) is -1.18. The number of rotatable bonds is 6. The molecule has 0 atom stereocenters. The number of alkyl halides is 2. The normalized spacial score (nSPS) is 10.7. The van der Waals surface area contributed by atoms with Crippen molar-refractivity contribution in [2.24, 2.45) is 0 Å². The lowest BCUT2D eigenvalue weighted by Crippen LogP contribution is -2.26. The van der Waals surface area contributed by atoms with Crippen LogP contribution < -0.4 is 9.47 Å². The number of benzene rings is 2. The van der Waals surface area contributed by atoms with E-state index in [1.54, 1.807) is 0 Å². The summed E-state index contributed by atoms with van der Waals surface area (Å²) < 4.78 is 47.8. The minimum atomic E-state index is -3.01. The van der Waals surface area contributed by atoms with E-state index in [1.165, 1.54) is 55.5 Å². The van der Waals surface area contributed by atoms with Crippen LogP contribution in [0.2, 0.25) is 5.02 Å². The average molecular weight is 374 g/mol. The number of hydrogen-bond acceptors (Lipinski definition) is 3. The van der Waals surface area contributed by atoms with Gasteiger partial charge in [0.2, 0.25) is 0 Å². The van der Waals surface area contributed by atoms with E-state index in [4.69, 9.17) is 16.3 Å². The Hall–Kier alpha value is -2.41. The molecule has 0 bridgehead atoms. The van der Waals surface area contributed by atoms with E-state index in [0.29, 0.717) is 0 Å². The molecule has 0 fully saturated rings. The Bertz CT molecular complexity index is 751. The second-order valence-electron chi connectivity index (χ2n) is 5.11. The fraction of sp³-hybridized carbons (Fsp3) is 0.235. The summed E-state index contributed by atoms with van der Waals surface area (Å²) in [7, 11) is 2.74. The summed E-state index contributed by atoms with van der Waals surface area (Å²) in [6, 6.07) is 8.05. The molecule has 0 saturated carbocycles. The van der Waals surface area contributed by atoms with Crippen LogP contribution in [0, 0.1) is 5.82 Å². The molecule has 0 saturated heterocycles. The molecule has 2 aromatic rings. The quantitative estimate of drug-likeness (QED) is 0.755. The monoisotopic (exact) mass is 373 g/mol. The minimum Gasteiger partial charge on any atom is -0.493 e. The molecule has 0 unspecified atom stereocenters. The first-order chi connectivity index (χ1) is 11.8. The largest absolute Gasteiger partial charge is 0.493 e. The zero-order valence-electron chi connectivity index (χ0n) is 13.4. The minimum absolute atomic E-state index is 0.0107. The van der Waals surface area contributed by atoms with Crippen LogP contribution in [0.3, 0.4) is 0 Å². The van der Waals surface area contributed by atoms with Gasteiger partial charge >= 0.3 is 6.61 Å². The van der Waals surface area contributed by atoms with Gasteiger partial charge in [0.25, 0.3) is 5.91 Å². The maximum atomic E-state index is 13.8. The Labute approximate surface area is 147 Å². The third kappa shape index (κ3) is 4.57. The van der Waals surface area contributed by atoms with Crippen LogP contribution in [-0.4, -0.2) is 31.6 Å². The van der Waals surface area contributed by atoms with Gasteiger partial charge in [-0.25, -0.2) is 4.39 Å². The van der Waals surface area contributed by atoms with Crippen molar-refractivity contribution in [3.05, 3.63) is 58.4 Å². The van der Waals surface area contributed by atoms with Gasteiger partial charge in [0.1, 0.15) is 5.82 Å². The first kappa shape index (κ1) is 18.9. The van der Waals surface area contributed by atoms with Crippen LogP contribution in [0.15, 0.2) is 36.4 Å². The van der Waals surface area contributed by atoms with E-state index in [2.05, 4.69) is 4.74 Å². The number of ether oxygens (including phenoxy) is 2. The van der Waals surface area contributed by atoms with Gasteiger partial charge in [0.05, 0.1) is 7.11 Å². The number of halogens is 4. The molecule has 134 valence electrons. The Morgan fingerprint density at radius 1 is 1.24 bits per heavy atom. The number of hydrogen-bond donors (Lipinski definition) is 0. The SMILES string of the molecule is COc1cc(C(=O)N(C)Cc2c(F)cccc2Cl)ccc1OC(F)F. The third-order valence-corrected chi connectivity index (χ3v) is 3.78. The van der Waals surface area contributed by atoms with Gasteiger partial charge in [-0.15, -0.1) is 0 Å². The summed E-state index contributed by atoms with van der Waals surface area (Å²) in [6.45, 7) is -3.07. The van der Waals surface area contributed by atoms with E-state index in [1.807, 2.05) is 0 Å². The van der Waals surface area contributed by atoms with Gasteiger partial charge < -0.3 is 14.4 Å². The van der Waals surface area contributed by atoms with Crippen molar-refractivity contribution in [1.82, 2.24) is 4.90 Å². The second kappa shape index (κ2) is 8.11. The third-order valence-electron chi connectivity index (χ3n) is 3.43. The summed E-state index contributed by atoms with van der Waals surface area (Å²) in [4.78, 5) is 13.7. The second-order valence-corrected chi connectivity index (χ2v) is 5.51. The van der Waals surface area contributed by atoms with Crippen LogP contribution >= 0.6 is 11.6 Å². The number of carbonyl (C=O) groups is 1. The van der Waals surface area contributed by atoms with Crippen molar-refractivity contribution in [3.8, 4) is 11.5 Å².